The second-order valence-electron chi connectivity index (χ2n) is 16.2. The van der Waals surface area contributed by atoms with E-state index in [1.54, 1.807) is 0 Å². The van der Waals surface area contributed by atoms with Crippen molar-refractivity contribution in [3.8, 4) is 0 Å². The van der Waals surface area contributed by atoms with Crippen molar-refractivity contribution in [1.29, 1.82) is 0 Å². The zero-order valence-electron chi connectivity index (χ0n) is 29.1. The zero-order chi connectivity index (χ0) is 32.1. The molecular weight excluding hydrogens is 539 g/mol. The van der Waals surface area contributed by atoms with E-state index in [2.05, 4.69) is 126 Å². The summed E-state index contributed by atoms with van der Waals surface area (Å²) in [6.45, 7) is 28.8. The van der Waals surface area contributed by atoms with Crippen LogP contribution in [0.1, 0.15) is 168 Å². The first-order valence-electron chi connectivity index (χ1n) is 16.0. The molecule has 0 radical (unpaired) electrons. The lowest BCUT2D eigenvalue weighted by Gasteiger charge is -2.34. The quantitative estimate of drug-likeness (QED) is 0.194. The second kappa shape index (κ2) is 14.1. The normalized spacial score (nSPS) is 14.8. The average Bonchev–Trinajstić information content (AvgIpc) is 2.84. The summed E-state index contributed by atoms with van der Waals surface area (Å²) in [4.78, 5) is 11.1. The predicted octanol–water partition coefficient (Wildman–Crippen LogP) is 11.5. The molecule has 0 heterocycles. The van der Waals surface area contributed by atoms with Crippen molar-refractivity contribution >= 4 is 7.82 Å². The summed E-state index contributed by atoms with van der Waals surface area (Å²) in [5, 5.41) is 0. The molecule has 0 aliphatic rings. The van der Waals surface area contributed by atoms with Gasteiger partial charge in [-0.3, -0.25) is 9.05 Å². The monoisotopic (exact) mass is 600 g/mol. The highest BCUT2D eigenvalue weighted by atomic mass is 31.2. The molecule has 0 aliphatic heterocycles. The van der Waals surface area contributed by atoms with Crippen molar-refractivity contribution in [2.45, 2.75) is 156 Å². The first-order chi connectivity index (χ1) is 19.1. The van der Waals surface area contributed by atoms with Gasteiger partial charge in [-0.05, 0) is 61.5 Å². The SMILES string of the molecule is CCCCCCCCOP(=O)(O)OC(c1ccc(C(C)(C)C)cc1C(C)(C)C)c1ccc(C(C)(C)C)cc1C(C)(C)C. The van der Waals surface area contributed by atoms with Crippen molar-refractivity contribution in [3.63, 3.8) is 0 Å². The largest absolute Gasteiger partial charge is 0.473 e. The van der Waals surface area contributed by atoms with Crippen LogP contribution in [0.4, 0.5) is 0 Å². The number of phosphoric acid groups is 1. The molecule has 2 aromatic carbocycles. The minimum absolute atomic E-state index is 0.0354. The third kappa shape index (κ3) is 10.6. The lowest BCUT2D eigenvalue weighted by molar-refractivity contribution is 0.118. The van der Waals surface area contributed by atoms with E-state index < -0.39 is 13.9 Å². The van der Waals surface area contributed by atoms with Crippen LogP contribution < -0.4 is 0 Å². The zero-order valence-corrected chi connectivity index (χ0v) is 30.0. The van der Waals surface area contributed by atoms with Crippen LogP contribution in [-0.4, -0.2) is 11.5 Å². The maximum Gasteiger partial charge on any atom is 0.473 e. The minimum Gasteiger partial charge on any atom is -0.302 e. The Morgan fingerprint density at radius 3 is 1.43 bits per heavy atom. The molecule has 0 saturated carbocycles. The second-order valence-corrected chi connectivity index (χ2v) is 17.6. The molecule has 0 amide bonds. The lowest BCUT2D eigenvalue weighted by atomic mass is 9.74. The molecule has 4 nitrogen and oxygen atoms in total. The molecule has 0 aromatic heterocycles. The van der Waals surface area contributed by atoms with Gasteiger partial charge in [0.1, 0.15) is 6.10 Å². The Hall–Kier alpha value is -1.45. The number of benzene rings is 2. The minimum atomic E-state index is -4.37. The molecule has 0 spiro atoms. The third-order valence-corrected chi connectivity index (χ3v) is 9.00. The Morgan fingerprint density at radius 2 is 1.05 bits per heavy atom. The summed E-state index contributed by atoms with van der Waals surface area (Å²) in [5.41, 5.74) is 5.96. The van der Waals surface area contributed by atoms with Crippen LogP contribution >= 0.6 is 7.82 Å². The van der Waals surface area contributed by atoms with Gasteiger partial charge in [0.2, 0.25) is 0 Å². The summed E-state index contributed by atoms with van der Waals surface area (Å²) in [5.74, 6) is 0. The van der Waals surface area contributed by atoms with E-state index in [4.69, 9.17) is 9.05 Å². The van der Waals surface area contributed by atoms with E-state index >= 15 is 0 Å². The van der Waals surface area contributed by atoms with E-state index in [9.17, 15) is 9.46 Å². The highest BCUT2D eigenvalue weighted by Crippen LogP contribution is 2.52. The highest BCUT2D eigenvalue weighted by molar-refractivity contribution is 7.47. The lowest BCUT2D eigenvalue weighted by Crippen LogP contribution is -2.24. The molecular formula is C37H61O4P. The van der Waals surface area contributed by atoms with Crippen LogP contribution in [0.25, 0.3) is 0 Å². The summed E-state index contributed by atoms with van der Waals surface area (Å²) in [6.07, 6.45) is 5.66. The molecule has 1 N–H and O–H groups in total. The van der Waals surface area contributed by atoms with Crippen molar-refractivity contribution < 1.29 is 18.5 Å². The van der Waals surface area contributed by atoms with E-state index in [-0.39, 0.29) is 28.3 Å². The topological polar surface area (TPSA) is 55.8 Å². The fourth-order valence-corrected chi connectivity index (χ4v) is 6.22. The Morgan fingerprint density at radius 1 is 0.643 bits per heavy atom. The fraction of sp³-hybridized carbons (Fsp3) is 0.676. The highest BCUT2D eigenvalue weighted by Gasteiger charge is 2.36. The van der Waals surface area contributed by atoms with Crippen LogP contribution in [-0.2, 0) is 35.3 Å². The van der Waals surface area contributed by atoms with E-state index in [1.165, 1.54) is 30.4 Å². The Kier molecular flexibility index (Phi) is 12.3. The molecule has 1 unspecified atom stereocenters. The summed E-state index contributed by atoms with van der Waals surface area (Å²) < 4.78 is 25.5. The number of hydrogen-bond acceptors (Lipinski definition) is 3. The van der Waals surface area contributed by atoms with E-state index in [0.717, 1.165) is 41.5 Å². The number of rotatable bonds is 12. The molecule has 0 bridgehead atoms. The maximum atomic E-state index is 13.6. The smallest absolute Gasteiger partial charge is 0.302 e. The fourth-order valence-electron chi connectivity index (χ4n) is 5.31. The van der Waals surface area contributed by atoms with Crippen molar-refractivity contribution in [1.82, 2.24) is 0 Å². The summed E-state index contributed by atoms with van der Waals surface area (Å²) in [6, 6.07) is 13.0. The molecule has 2 aromatic rings. The predicted molar refractivity (Wildman–Crippen MR) is 180 cm³/mol. The van der Waals surface area contributed by atoms with Crippen LogP contribution in [0.15, 0.2) is 36.4 Å². The van der Waals surface area contributed by atoms with Gasteiger partial charge in [0.25, 0.3) is 0 Å². The van der Waals surface area contributed by atoms with Gasteiger partial charge in [-0.1, -0.05) is 159 Å². The molecule has 2 rings (SSSR count). The summed E-state index contributed by atoms with van der Waals surface area (Å²) >= 11 is 0. The van der Waals surface area contributed by atoms with Gasteiger partial charge >= 0.3 is 7.82 Å². The molecule has 5 heteroatoms. The van der Waals surface area contributed by atoms with E-state index in [1.807, 2.05) is 0 Å². The first kappa shape index (κ1) is 36.7. The molecule has 238 valence electrons. The van der Waals surface area contributed by atoms with Gasteiger partial charge in [0.05, 0.1) is 6.61 Å². The molecule has 0 fully saturated rings. The number of phosphoric ester groups is 1. The van der Waals surface area contributed by atoms with Crippen molar-refractivity contribution in [3.05, 3.63) is 69.8 Å². The van der Waals surface area contributed by atoms with Crippen LogP contribution in [0.5, 0.6) is 0 Å². The van der Waals surface area contributed by atoms with Crippen LogP contribution in [0.3, 0.4) is 0 Å². The Labute approximate surface area is 258 Å². The first-order valence-corrected chi connectivity index (χ1v) is 17.5. The number of unbranched alkanes of at least 4 members (excludes halogenated alkanes) is 5. The molecule has 0 aliphatic carbocycles. The molecule has 0 saturated heterocycles. The molecule has 42 heavy (non-hydrogen) atoms. The van der Waals surface area contributed by atoms with Gasteiger partial charge < -0.3 is 4.89 Å². The van der Waals surface area contributed by atoms with Crippen LogP contribution in [0.2, 0.25) is 0 Å². The Balaban J connectivity index is 2.68. The molecule has 1 atom stereocenters. The summed E-state index contributed by atoms with van der Waals surface area (Å²) in [7, 11) is -4.37. The van der Waals surface area contributed by atoms with Crippen molar-refractivity contribution in [2.24, 2.45) is 0 Å². The number of hydrogen-bond donors (Lipinski definition) is 1. The van der Waals surface area contributed by atoms with Gasteiger partial charge in [-0.2, -0.15) is 0 Å². The van der Waals surface area contributed by atoms with Gasteiger partial charge in [-0.25, -0.2) is 4.57 Å². The van der Waals surface area contributed by atoms with Crippen LogP contribution in [0, 0.1) is 0 Å². The maximum absolute atomic E-state index is 13.6. The standard InChI is InChI=1S/C37H61O4P/c1-14-15-16-17-18-19-24-40-42(38,39)41-33(29-22-20-27(34(2,3)4)25-31(29)36(8,9)10)30-23-21-28(35(5,6)7)26-32(30)37(11,12)13/h20-23,25-26,33H,14-19,24H2,1-13H3,(H,38,39). The van der Waals surface area contributed by atoms with Gasteiger partial charge in [-0.15, -0.1) is 0 Å². The Bertz CT molecular complexity index is 1130. The van der Waals surface area contributed by atoms with Crippen molar-refractivity contribution in [2.75, 3.05) is 6.61 Å². The van der Waals surface area contributed by atoms with E-state index in [0.29, 0.717) is 0 Å². The average molecular weight is 601 g/mol. The van der Waals surface area contributed by atoms with Gasteiger partial charge in [0, 0.05) is 0 Å². The third-order valence-electron chi connectivity index (χ3n) is 8.01. The van der Waals surface area contributed by atoms with Gasteiger partial charge in [0.15, 0.2) is 0 Å².